The number of hydrogen-bond acceptors (Lipinski definition) is 1. The summed E-state index contributed by atoms with van der Waals surface area (Å²) < 4.78 is 0. The third kappa shape index (κ3) is 1.98. The Kier molecular flexibility index (Phi) is 2.78. The monoisotopic (exact) mass is 220 g/mol. The van der Waals surface area contributed by atoms with Crippen LogP contribution in [0.3, 0.4) is 0 Å². The molecule has 0 aromatic carbocycles. The molecular weight excluding hydrogens is 196 g/mol. The maximum atomic E-state index is 9.66. The summed E-state index contributed by atoms with van der Waals surface area (Å²) in [6.07, 6.45) is 9.18. The topological polar surface area (TPSA) is 20.2 Å². The van der Waals surface area contributed by atoms with Crippen molar-refractivity contribution in [3.63, 3.8) is 0 Å². The van der Waals surface area contributed by atoms with Crippen LogP contribution in [0.4, 0.5) is 0 Å². The van der Waals surface area contributed by atoms with Gasteiger partial charge in [0.15, 0.2) is 0 Å². The lowest BCUT2D eigenvalue weighted by Crippen LogP contribution is -2.26. The zero-order valence-corrected chi connectivity index (χ0v) is 10.8. The summed E-state index contributed by atoms with van der Waals surface area (Å²) in [5.41, 5.74) is 1.07. The molecular formula is C15H24O. The molecule has 3 unspecified atom stereocenters. The van der Waals surface area contributed by atoms with Gasteiger partial charge in [-0.15, -0.1) is 0 Å². The molecule has 2 fully saturated rings. The Balaban J connectivity index is 2.04. The molecule has 2 saturated carbocycles. The quantitative estimate of drug-likeness (QED) is 0.719. The van der Waals surface area contributed by atoms with Crippen molar-refractivity contribution in [2.24, 2.45) is 17.3 Å². The first kappa shape index (κ1) is 11.9. The summed E-state index contributed by atoms with van der Waals surface area (Å²) >= 11 is 0. The van der Waals surface area contributed by atoms with E-state index in [-0.39, 0.29) is 0 Å². The Bertz CT molecular complexity index is 321. The predicted molar refractivity (Wildman–Crippen MR) is 68.1 cm³/mol. The SMILES string of the molecule is C=C1C2CCC(C2)C1(C)CC=CC(C)(C)O. The van der Waals surface area contributed by atoms with Gasteiger partial charge in [0, 0.05) is 0 Å². The van der Waals surface area contributed by atoms with Gasteiger partial charge >= 0.3 is 0 Å². The van der Waals surface area contributed by atoms with E-state index in [1.807, 2.05) is 19.9 Å². The average Bonchev–Trinajstić information content (AvgIpc) is 2.69. The number of allylic oxidation sites excluding steroid dienone is 2. The Morgan fingerprint density at radius 1 is 1.50 bits per heavy atom. The van der Waals surface area contributed by atoms with Crippen molar-refractivity contribution in [1.29, 1.82) is 0 Å². The lowest BCUT2D eigenvalue weighted by Gasteiger charge is -2.35. The predicted octanol–water partition coefficient (Wildman–Crippen LogP) is 3.70. The molecule has 0 radical (unpaired) electrons. The number of hydrogen-bond donors (Lipinski definition) is 1. The first-order valence-electron chi connectivity index (χ1n) is 6.42. The summed E-state index contributed by atoms with van der Waals surface area (Å²) in [6.45, 7) is 10.3. The standard InChI is InChI=1S/C15H24O/c1-11-12-6-7-13(10-12)15(11,4)9-5-8-14(2,3)16/h5,8,12-13,16H,1,6-7,9-10H2,2-4H3. The highest BCUT2D eigenvalue weighted by atomic mass is 16.3. The minimum atomic E-state index is -0.685. The van der Waals surface area contributed by atoms with Crippen molar-refractivity contribution in [3.8, 4) is 0 Å². The second-order valence-electron chi connectivity index (χ2n) is 6.41. The summed E-state index contributed by atoms with van der Waals surface area (Å²) in [5.74, 6) is 1.61. The third-order valence-electron chi connectivity index (χ3n) is 4.63. The molecule has 2 aliphatic rings. The molecule has 90 valence electrons. The van der Waals surface area contributed by atoms with Gasteiger partial charge in [0.25, 0.3) is 0 Å². The highest BCUT2D eigenvalue weighted by molar-refractivity contribution is 5.25. The molecule has 1 nitrogen and oxygen atoms in total. The molecule has 0 aliphatic heterocycles. The first-order valence-corrected chi connectivity index (χ1v) is 6.42. The van der Waals surface area contributed by atoms with Crippen molar-refractivity contribution >= 4 is 0 Å². The largest absolute Gasteiger partial charge is 0.386 e. The molecule has 0 aromatic heterocycles. The van der Waals surface area contributed by atoms with Crippen LogP contribution < -0.4 is 0 Å². The van der Waals surface area contributed by atoms with E-state index in [9.17, 15) is 5.11 Å². The van der Waals surface area contributed by atoms with Crippen LogP contribution in [0.5, 0.6) is 0 Å². The lowest BCUT2D eigenvalue weighted by atomic mass is 9.69. The molecule has 16 heavy (non-hydrogen) atoms. The molecule has 0 saturated heterocycles. The van der Waals surface area contributed by atoms with Gasteiger partial charge in [-0.05, 0) is 56.8 Å². The minimum absolute atomic E-state index is 0.296. The average molecular weight is 220 g/mol. The maximum Gasteiger partial charge on any atom is 0.0771 e. The zero-order chi connectivity index (χ0) is 12.0. The van der Waals surface area contributed by atoms with E-state index in [4.69, 9.17) is 0 Å². The van der Waals surface area contributed by atoms with Crippen molar-refractivity contribution in [2.75, 3.05) is 0 Å². The minimum Gasteiger partial charge on any atom is -0.386 e. The van der Waals surface area contributed by atoms with Gasteiger partial charge < -0.3 is 5.11 Å². The van der Waals surface area contributed by atoms with E-state index >= 15 is 0 Å². The van der Waals surface area contributed by atoms with Gasteiger partial charge in [-0.3, -0.25) is 0 Å². The van der Waals surface area contributed by atoms with Crippen LogP contribution in [0.25, 0.3) is 0 Å². The van der Waals surface area contributed by atoms with E-state index in [2.05, 4.69) is 19.6 Å². The van der Waals surface area contributed by atoms with E-state index < -0.39 is 5.60 Å². The normalized spacial score (nSPS) is 38.9. The highest BCUT2D eigenvalue weighted by Crippen LogP contribution is 2.60. The molecule has 1 heteroatoms. The lowest BCUT2D eigenvalue weighted by molar-refractivity contribution is 0.132. The fourth-order valence-corrected chi connectivity index (χ4v) is 3.50. The highest BCUT2D eigenvalue weighted by Gasteiger charge is 2.49. The number of fused-ring (bicyclic) bond motifs is 2. The summed E-state index contributed by atoms with van der Waals surface area (Å²) in [7, 11) is 0. The van der Waals surface area contributed by atoms with Crippen molar-refractivity contribution in [1.82, 2.24) is 0 Å². The maximum absolute atomic E-state index is 9.66. The fraction of sp³-hybridized carbons (Fsp3) is 0.733. The molecule has 2 rings (SSSR count). The molecule has 1 N–H and O–H groups in total. The fourth-order valence-electron chi connectivity index (χ4n) is 3.50. The summed E-state index contributed by atoms with van der Waals surface area (Å²) in [4.78, 5) is 0. The van der Waals surface area contributed by atoms with E-state index in [0.29, 0.717) is 5.41 Å². The number of aliphatic hydroxyl groups is 1. The van der Waals surface area contributed by atoms with Gasteiger partial charge in [-0.1, -0.05) is 31.2 Å². The molecule has 0 amide bonds. The smallest absolute Gasteiger partial charge is 0.0771 e. The van der Waals surface area contributed by atoms with E-state index in [1.54, 1.807) is 0 Å². The van der Waals surface area contributed by atoms with Crippen LogP contribution in [-0.2, 0) is 0 Å². The van der Waals surface area contributed by atoms with Gasteiger partial charge in [0.05, 0.1) is 5.60 Å². The Morgan fingerprint density at radius 2 is 2.19 bits per heavy atom. The van der Waals surface area contributed by atoms with E-state index in [0.717, 1.165) is 18.3 Å². The second-order valence-corrected chi connectivity index (χ2v) is 6.41. The Morgan fingerprint density at radius 3 is 2.69 bits per heavy atom. The first-order chi connectivity index (χ1) is 7.33. The second kappa shape index (κ2) is 3.73. The number of rotatable bonds is 3. The van der Waals surface area contributed by atoms with Crippen molar-refractivity contribution < 1.29 is 5.11 Å². The third-order valence-corrected chi connectivity index (χ3v) is 4.63. The van der Waals surface area contributed by atoms with Crippen molar-refractivity contribution in [2.45, 2.75) is 52.1 Å². The van der Waals surface area contributed by atoms with Gasteiger partial charge in [0.2, 0.25) is 0 Å². The Labute approximate surface area is 99.3 Å². The van der Waals surface area contributed by atoms with Gasteiger partial charge in [-0.25, -0.2) is 0 Å². The zero-order valence-electron chi connectivity index (χ0n) is 10.8. The summed E-state index contributed by atoms with van der Waals surface area (Å²) in [6, 6.07) is 0. The Hall–Kier alpha value is -0.560. The van der Waals surface area contributed by atoms with Gasteiger partial charge in [0.1, 0.15) is 0 Å². The van der Waals surface area contributed by atoms with Gasteiger partial charge in [-0.2, -0.15) is 0 Å². The van der Waals surface area contributed by atoms with Crippen LogP contribution in [0.15, 0.2) is 24.3 Å². The molecule has 0 heterocycles. The molecule has 0 spiro atoms. The van der Waals surface area contributed by atoms with Crippen molar-refractivity contribution in [3.05, 3.63) is 24.3 Å². The van der Waals surface area contributed by atoms with Crippen LogP contribution in [0.2, 0.25) is 0 Å². The van der Waals surface area contributed by atoms with Crippen LogP contribution in [-0.4, -0.2) is 10.7 Å². The molecule has 2 aliphatic carbocycles. The molecule has 2 bridgehead atoms. The van der Waals surface area contributed by atoms with E-state index in [1.165, 1.54) is 24.8 Å². The van der Waals surface area contributed by atoms with Crippen LogP contribution >= 0.6 is 0 Å². The van der Waals surface area contributed by atoms with Crippen LogP contribution in [0.1, 0.15) is 46.5 Å². The molecule has 3 atom stereocenters. The van der Waals surface area contributed by atoms with Crippen LogP contribution in [0, 0.1) is 17.3 Å². The molecule has 0 aromatic rings. The summed E-state index contributed by atoms with van der Waals surface area (Å²) in [5, 5.41) is 9.66.